The quantitative estimate of drug-likeness (QED) is 0.599. The topological polar surface area (TPSA) is 127 Å². The van der Waals surface area contributed by atoms with Gasteiger partial charge in [0.15, 0.2) is 6.61 Å². The lowest BCUT2D eigenvalue weighted by atomic mass is 9.92. The van der Waals surface area contributed by atoms with Crippen molar-refractivity contribution in [2.24, 2.45) is 5.14 Å². The Labute approximate surface area is 198 Å². The van der Waals surface area contributed by atoms with Crippen LogP contribution in [0.4, 0.5) is 5.69 Å². The van der Waals surface area contributed by atoms with Crippen LogP contribution in [0.15, 0.2) is 59.5 Å². The van der Waals surface area contributed by atoms with Crippen LogP contribution in [-0.2, 0) is 24.4 Å². The van der Waals surface area contributed by atoms with Crippen LogP contribution in [-0.4, -0.2) is 49.7 Å². The number of para-hydroxylation sites is 1. The average Bonchev–Trinajstić information content (AvgIpc) is 3.12. The molecule has 1 unspecified atom stereocenters. The molecule has 2 aromatic rings. The van der Waals surface area contributed by atoms with Crippen molar-refractivity contribution in [2.45, 2.75) is 55.5 Å². The summed E-state index contributed by atoms with van der Waals surface area (Å²) in [5, 5.41) is 5.13. The molecule has 2 fully saturated rings. The number of ether oxygens (including phenoxy) is 1. The molecule has 0 spiro atoms. The average molecular weight is 486 g/mol. The molecule has 2 N–H and O–H groups in total. The van der Waals surface area contributed by atoms with Crippen LogP contribution in [0.5, 0.6) is 5.75 Å². The number of nitrogens with zero attached hydrogens (tertiary/aromatic N) is 2. The van der Waals surface area contributed by atoms with E-state index >= 15 is 0 Å². The van der Waals surface area contributed by atoms with Crippen LogP contribution in [0.3, 0.4) is 0 Å². The number of anilines is 1. The lowest BCUT2D eigenvalue weighted by molar-refractivity contribution is -0.143. The first-order valence-corrected chi connectivity index (χ1v) is 12.8. The lowest BCUT2D eigenvalue weighted by Gasteiger charge is -2.37. The molecule has 1 aliphatic carbocycles. The standard InChI is InChI=1S/C24H27N3O6S/c25-34(31,32)20-13-11-18(12-14-20)27-22(28)15-21(24(27)30)26(17-7-3-1-4-8-17)23(29)16-33-19-9-5-2-6-10-19/h2,5-6,9-14,17,21H,1,3-4,7-8,15-16H2,(H2,25,31,32). The van der Waals surface area contributed by atoms with Gasteiger partial charge < -0.3 is 9.64 Å². The Morgan fingerprint density at radius 2 is 1.65 bits per heavy atom. The minimum atomic E-state index is -3.90. The largest absolute Gasteiger partial charge is 0.484 e. The van der Waals surface area contributed by atoms with E-state index < -0.39 is 27.9 Å². The summed E-state index contributed by atoms with van der Waals surface area (Å²) < 4.78 is 28.7. The number of amides is 3. The SMILES string of the molecule is NS(=O)(=O)c1ccc(N2C(=O)CC(N(C(=O)COc3ccccc3)C3CCCCC3)C2=O)cc1. The Morgan fingerprint density at radius 3 is 2.26 bits per heavy atom. The van der Waals surface area contributed by atoms with E-state index in [0.29, 0.717) is 5.75 Å². The summed E-state index contributed by atoms with van der Waals surface area (Å²) >= 11 is 0. The molecular formula is C24H27N3O6S. The molecule has 34 heavy (non-hydrogen) atoms. The third kappa shape index (κ3) is 5.13. The van der Waals surface area contributed by atoms with E-state index in [1.807, 2.05) is 6.07 Å². The van der Waals surface area contributed by atoms with Crippen LogP contribution in [0.25, 0.3) is 0 Å². The van der Waals surface area contributed by atoms with Crippen molar-refractivity contribution < 1.29 is 27.5 Å². The van der Waals surface area contributed by atoms with Gasteiger partial charge in [0.25, 0.3) is 11.8 Å². The number of hydrogen-bond donors (Lipinski definition) is 1. The maximum Gasteiger partial charge on any atom is 0.261 e. The molecule has 1 atom stereocenters. The first-order valence-electron chi connectivity index (χ1n) is 11.2. The van der Waals surface area contributed by atoms with Gasteiger partial charge in [-0.3, -0.25) is 14.4 Å². The first kappa shape index (κ1) is 23.9. The number of imide groups is 1. The van der Waals surface area contributed by atoms with E-state index in [0.717, 1.165) is 37.0 Å². The zero-order valence-electron chi connectivity index (χ0n) is 18.6. The molecule has 0 aromatic heterocycles. The number of primary sulfonamides is 1. The molecule has 4 rings (SSSR count). The molecule has 10 heteroatoms. The van der Waals surface area contributed by atoms with Crippen LogP contribution < -0.4 is 14.8 Å². The van der Waals surface area contributed by atoms with Gasteiger partial charge >= 0.3 is 0 Å². The zero-order chi connectivity index (χ0) is 24.3. The van der Waals surface area contributed by atoms with Crippen molar-refractivity contribution in [1.29, 1.82) is 0 Å². The number of carbonyl (C=O) groups is 3. The predicted molar refractivity (Wildman–Crippen MR) is 124 cm³/mol. The van der Waals surface area contributed by atoms with Gasteiger partial charge in [0.2, 0.25) is 15.9 Å². The highest BCUT2D eigenvalue weighted by Gasteiger charge is 2.46. The van der Waals surface area contributed by atoms with Crippen LogP contribution in [0.1, 0.15) is 38.5 Å². The van der Waals surface area contributed by atoms with Gasteiger partial charge in [-0.25, -0.2) is 18.5 Å². The summed E-state index contributed by atoms with van der Waals surface area (Å²) in [6.07, 6.45) is 4.35. The van der Waals surface area contributed by atoms with E-state index in [2.05, 4.69) is 0 Å². The fourth-order valence-corrected chi connectivity index (χ4v) is 5.13. The second-order valence-electron chi connectivity index (χ2n) is 8.52. The molecular weight excluding hydrogens is 458 g/mol. The predicted octanol–water partition coefficient (Wildman–Crippen LogP) is 2.21. The fourth-order valence-electron chi connectivity index (χ4n) is 4.62. The summed E-state index contributed by atoms with van der Waals surface area (Å²) in [6, 6.07) is 13.1. The van der Waals surface area contributed by atoms with Crippen molar-refractivity contribution in [3.05, 3.63) is 54.6 Å². The molecule has 1 heterocycles. The van der Waals surface area contributed by atoms with Crippen molar-refractivity contribution in [3.63, 3.8) is 0 Å². The maximum atomic E-state index is 13.4. The Morgan fingerprint density at radius 1 is 1.00 bits per heavy atom. The molecule has 2 aliphatic rings. The van der Waals surface area contributed by atoms with Gasteiger partial charge in [-0.2, -0.15) is 0 Å². The highest BCUT2D eigenvalue weighted by molar-refractivity contribution is 7.89. The monoisotopic (exact) mass is 485 g/mol. The van der Waals surface area contributed by atoms with Crippen LogP contribution >= 0.6 is 0 Å². The number of hydrogen-bond acceptors (Lipinski definition) is 6. The van der Waals surface area contributed by atoms with E-state index in [1.54, 1.807) is 29.2 Å². The highest BCUT2D eigenvalue weighted by Crippen LogP contribution is 2.31. The Balaban J connectivity index is 1.56. The minimum Gasteiger partial charge on any atom is -0.484 e. The molecule has 0 bridgehead atoms. The Bertz CT molecular complexity index is 1160. The van der Waals surface area contributed by atoms with Gasteiger partial charge in [-0.15, -0.1) is 0 Å². The number of carbonyl (C=O) groups excluding carboxylic acids is 3. The number of benzene rings is 2. The Hall–Kier alpha value is -3.24. The molecule has 1 aliphatic heterocycles. The maximum absolute atomic E-state index is 13.4. The molecule has 1 saturated carbocycles. The number of sulfonamides is 1. The van der Waals surface area contributed by atoms with Gasteiger partial charge in [0.1, 0.15) is 11.8 Å². The molecule has 0 radical (unpaired) electrons. The minimum absolute atomic E-state index is 0.121. The Kier molecular flexibility index (Phi) is 6.99. The van der Waals surface area contributed by atoms with Crippen molar-refractivity contribution in [2.75, 3.05) is 11.5 Å². The van der Waals surface area contributed by atoms with E-state index in [-0.39, 0.29) is 35.6 Å². The van der Waals surface area contributed by atoms with Gasteiger partial charge in [-0.05, 0) is 49.2 Å². The van der Waals surface area contributed by atoms with Crippen molar-refractivity contribution >= 4 is 33.4 Å². The van der Waals surface area contributed by atoms with E-state index in [4.69, 9.17) is 9.88 Å². The number of rotatable bonds is 7. The first-order chi connectivity index (χ1) is 16.3. The van der Waals surface area contributed by atoms with E-state index in [1.165, 1.54) is 24.3 Å². The highest BCUT2D eigenvalue weighted by atomic mass is 32.2. The molecule has 2 aromatic carbocycles. The molecule has 180 valence electrons. The second-order valence-corrected chi connectivity index (χ2v) is 10.1. The van der Waals surface area contributed by atoms with Crippen LogP contribution in [0, 0.1) is 0 Å². The smallest absolute Gasteiger partial charge is 0.261 e. The summed E-state index contributed by atoms with van der Waals surface area (Å²) in [5.41, 5.74) is 0.237. The summed E-state index contributed by atoms with van der Waals surface area (Å²) in [7, 11) is -3.90. The zero-order valence-corrected chi connectivity index (χ0v) is 19.4. The normalized spacial score (nSPS) is 19.3. The fraction of sp³-hybridized carbons (Fsp3) is 0.375. The van der Waals surface area contributed by atoms with Gasteiger partial charge in [0, 0.05) is 6.04 Å². The number of nitrogens with two attached hydrogens (primary N) is 1. The third-order valence-electron chi connectivity index (χ3n) is 6.24. The summed E-state index contributed by atoms with van der Waals surface area (Å²) in [4.78, 5) is 42.0. The third-order valence-corrected chi connectivity index (χ3v) is 7.17. The molecule has 3 amide bonds. The summed E-state index contributed by atoms with van der Waals surface area (Å²) in [5.74, 6) is -0.749. The van der Waals surface area contributed by atoms with Crippen molar-refractivity contribution in [3.8, 4) is 5.75 Å². The lowest BCUT2D eigenvalue weighted by Crippen LogP contribution is -2.52. The van der Waals surface area contributed by atoms with Gasteiger partial charge in [-0.1, -0.05) is 37.5 Å². The molecule has 9 nitrogen and oxygen atoms in total. The van der Waals surface area contributed by atoms with Gasteiger partial charge in [0.05, 0.1) is 17.0 Å². The molecule has 1 saturated heterocycles. The van der Waals surface area contributed by atoms with E-state index in [9.17, 15) is 22.8 Å². The summed E-state index contributed by atoms with van der Waals surface area (Å²) in [6.45, 7) is -0.235. The van der Waals surface area contributed by atoms with Crippen LogP contribution in [0.2, 0.25) is 0 Å². The van der Waals surface area contributed by atoms with Crippen molar-refractivity contribution in [1.82, 2.24) is 4.90 Å². The second kappa shape index (κ2) is 9.94.